The van der Waals surface area contributed by atoms with Gasteiger partial charge >= 0.3 is 0 Å². The summed E-state index contributed by atoms with van der Waals surface area (Å²) in [4.78, 5) is 5.64. The summed E-state index contributed by atoms with van der Waals surface area (Å²) < 4.78 is 1.17. The first-order valence-electron chi connectivity index (χ1n) is 6.23. The Morgan fingerprint density at radius 1 is 1.10 bits per heavy atom. The molecule has 2 nitrogen and oxygen atoms in total. The molecule has 1 unspecified atom stereocenters. The molecule has 5 heteroatoms. The van der Waals surface area contributed by atoms with Crippen LogP contribution >= 0.6 is 38.6 Å². The molecule has 2 aromatic heterocycles. The minimum absolute atomic E-state index is 0.287. The average molecular weight is 365 g/mol. The smallest absolute Gasteiger partial charge is 0.123 e. The Morgan fingerprint density at radius 3 is 2.50 bits per heavy atom. The van der Waals surface area contributed by atoms with Crippen molar-refractivity contribution in [3.63, 3.8) is 0 Å². The Kier molecular flexibility index (Phi) is 4.19. The van der Waals surface area contributed by atoms with Gasteiger partial charge in [0.25, 0.3) is 0 Å². The Labute approximate surface area is 134 Å². The third-order valence-electron chi connectivity index (χ3n) is 2.99. The summed E-state index contributed by atoms with van der Waals surface area (Å²) in [5.74, 6) is 0. The maximum atomic E-state index is 4.32. The maximum absolute atomic E-state index is 4.32. The fourth-order valence-corrected chi connectivity index (χ4v) is 4.37. The molecular weight excluding hydrogens is 352 g/mol. The average Bonchev–Trinajstić information content (AvgIpc) is 3.10. The molecule has 0 aliphatic carbocycles. The SMILES string of the molecule is CC(Nc1ccc(-c2nccs2)cc1)c1sccc1Br. The van der Waals surface area contributed by atoms with Gasteiger partial charge < -0.3 is 5.32 Å². The molecule has 0 amide bonds. The van der Waals surface area contributed by atoms with E-state index in [1.807, 2.05) is 11.6 Å². The minimum Gasteiger partial charge on any atom is -0.378 e. The number of anilines is 1. The van der Waals surface area contributed by atoms with Crippen molar-refractivity contribution in [2.45, 2.75) is 13.0 Å². The van der Waals surface area contributed by atoms with Crippen molar-refractivity contribution in [3.8, 4) is 10.6 Å². The van der Waals surface area contributed by atoms with E-state index in [1.165, 1.54) is 9.35 Å². The third-order valence-corrected chi connectivity index (χ3v) is 5.86. The number of thiophene rings is 1. The van der Waals surface area contributed by atoms with Gasteiger partial charge in [0, 0.05) is 32.2 Å². The van der Waals surface area contributed by atoms with E-state index >= 15 is 0 Å². The molecule has 0 radical (unpaired) electrons. The van der Waals surface area contributed by atoms with Crippen molar-refractivity contribution in [2.75, 3.05) is 5.32 Å². The molecule has 2 heterocycles. The number of nitrogens with one attached hydrogen (secondary N) is 1. The third kappa shape index (κ3) is 2.95. The quantitative estimate of drug-likeness (QED) is 0.631. The summed E-state index contributed by atoms with van der Waals surface area (Å²) in [7, 11) is 0. The number of thiazole rings is 1. The second-order valence-electron chi connectivity index (χ2n) is 4.41. The molecule has 3 aromatic rings. The number of benzene rings is 1. The van der Waals surface area contributed by atoms with E-state index in [9.17, 15) is 0 Å². The molecule has 0 spiro atoms. The van der Waals surface area contributed by atoms with Gasteiger partial charge in [0.2, 0.25) is 0 Å². The van der Waals surface area contributed by atoms with Crippen molar-refractivity contribution in [1.29, 1.82) is 0 Å². The predicted molar refractivity (Wildman–Crippen MR) is 91.6 cm³/mol. The highest BCUT2D eigenvalue weighted by molar-refractivity contribution is 9.10. The minimum atomic E-state index is 0.287. The van der Waals surface area contributed by atoms with Crippen molar-refractivity contribution in [1.82, 2.24) is 4.98 Å². The van der Waals surface area contributed by atoms with E-state index in [0.29, 0.717) is 0 Å². The summed E-state index contributed by atoms with van der Waals surface area (Å²) >= 11 is 7.00. The highest BCUT2D eigenvalue weighted by atomic mass is 79.9. The molecule has 3 rings (SSSR count). The topological polar surface area (TPSA) is 24.9 Å². The molecule has 0 saturated carbocycles. The van der Waals surface area contributed by atoms with Crippen LogP contribution in [-0.2, 0) is 0 Å². The van der Waals surface area contributed by atoms with Crippen LogP contribution < -0.4 is 5.32 Å². The number of halogens is 1. The van der Waals surface area contributed by atoms with E-state index < -0.39 is 0 Å². The van der Waals surface area contributed by atoms with E-state index in [0.717, 1.165) is 16.3 Å². The van der Waals surface area contributed by atoms with Gasteiger partial charge in [-0.15, -0.1) is 22.7 Å². The first kappa shape index (κ1) is 13.8. The van der Waals surface area contributed by atoms with Crippen LogP contribution in [0.3, 0.4) is 0 Å². The Balaban J connectivity index is 1.74. The normalized spacial score (nSPS) is 12.3. The van der Waals surface area contributed by atoms with Crippen molar-refractivity contribution >= 4 is 44.3 Å². The zero-order chi connectivity index (χ0) is 13.9. The summed E-state index contributed by atoms with van der Waals surface area (Å²) in [6.07, 6.45) is 1.84. The van der Waals surface area contributed by atoms with E-state index in [4.69, 9.17) is 0 Å². The molecule has 0 saturated heterocycles. The molecule has 0 bridgehead atoms. The molecule has 1 atom stereocenters. The van der Waals surface area contributed by atoms with Crippen LogP contribution in [0.25, 0.3) is 10.6 Å². The summed E-state index contributed by atoms with van der Waals surface area (Å²) in [5, 5.41) is 8.68. The lowest BCUT2D eigenvalue weighted by atomic mass is 10.2. The first-order valence-corrected chi connectivity index (χ1v) is 8.78. The number of hydrogen-bond donors (Lipinski definition) is 1. The molecule has 0 fully saturated rings. The van der Waals surface area contributed by atoms with E-state index in [-0.39, 0.29) is 6.04 Å². The zero-order valence-electron chi connectivity index (χ0n) is 10.8. The predicted octanol–water partition coefficient (Wildman–Crippen LogP) is 5.81. The Morgan fingerprint density at radius 2 is 1.90 bits per heavy atom. The number of rotatable bonds is 4. The van der Waals surface area contributed by atoms with Crippen LogP contribution in [0.1, 0.15) is 17.8 Å². The van der Waals surface area contributed by atoms with Crippen molar-refractivity contribution < 1.29 is 0 Å². The molecule has 20 heavy (non-hydrogen) atoms. The summed E-state index contributed by atoms with van der Waals surface area (Å²) in [5.41, 5.74) is 2.29. The number of nitrogens with zero attached hydrogens (tertiary/aromatic N) is 1. The van der Waals surface area contributed by atoms with Crippen LogP contribution in [0.5, 0.6) is 0 Å². The maximum Gasteiger partial charge on any atom is 0.123 e. The van der Waals surface area contributed by atoms with Crippen LogP contribution in [0.15, 0.2) is 51.8 Å². The second-order valence-corrected chi connectivity index (χ2v) is 7.11. The highest BCUT2D eigenvalue weighted by Gasteiger charge is 2.10. The lowest BCUT2D eigenvalue weighted by Gasteiger charge is -2.14. The molecule has 102 valence electrons. The number of aromatic nitrogens is 1. The summed E-state index contributed by atoms with van der Waals surface area (Å²) in [6, 6.07) is 10.8. The lowest BCUT2D eigenvalue weighted by molar-refractivity contribution is 0.903. The molecule has 0 aliphatic heterocycles. The molecule has 1 aromatic carbocycles. The fraction of sp³-hybridized carbons (Fsp3) is 0.133. The van der Waals surface area contributed by atoms with Gasteiger partial charge in [0.1, 0.15) is 5.01 Å². The van der Waals surface area contributed by atoms with Gasteiger partial charge in [-0.25, -0.2) is 4.98 Å². The van der Waals surface area contributed by atoms with Crippen LogP contribution in [0.2, 0.25) is 0 Å². The van der Waals surface area contributed by atoms with Crippen LogP contribution in [-0.4, -0.2) is 4.98 Å². The zero-order valence-corrected chi connectivity index (χ0v) is 14.1. The standard InChI is InChI=1S/C15H13BrN2S2/c1-10(14-13(16)6-8-19-14)18-12-4-2-11(3-5-12)15-17-7-9-20-15/h2-10,18H,1H3. The van der Waals surface area contributed by atoms with Crippen molar-refractivity contribution in [2.24, 2.45) is 0 Å². The highest BCUT2D eigenvalue weighted by Crippen LogP contribution is 2.31. The van der Waals surface area contributed by atoms with Crippen molar-refractivity contribution in [3.05, 3.63) is 56.6 Å². The molecule has 0 aliphatic rings. The Bertz CT molecular complexity index is 674. The van der Waals surface area contributed by atoms with E-state index in [2.05, 4.69) is 68.9 Å². The van der Waals surface area contributed by atoms with Crippen LogP contribution in [0, 0.1) is 0 Å². The van der Waals surface area contributed by atoms with Gasteiger partial charge in [-0.1, -0.05) is 0 Å². The van der Waals surface area contributed by atoms with Gasteiger partial charge in [-0.05, 0) is 58.6 Å². The monoisotopic (exact) mass is 364 g/mol. The lowest BCUT2D eigenvalue weighted by Crippen LogP contribution is -2.05. The largest absolute Gasteiger partial charge is 0.378 e. The van der Waals surface area contributed by atoms with Gasteiger partial charge in [0.05, 0.1) is 6.04 Å². The van der Waals surface area contributed by atoms with Crippen LogP contribution in [0.4, 0.5) is 5.69 Å². The molecular formula is C15H13BrN2S2. The second kappa shape index (κ2) is 6.08. The fourth-order valence-electron chi connectivity index (χ4n) is 2.00. The molecule has 1 N–H and O–H groups in total. The Hall–Kier alpha value is -1.17. The van der Waals surface area contributed by atoms with Gasteiger partial charge in [0.15, 0.2) is 0 Å². The van der Waals surface area contributed by atoms with Gasteiger partial charge in [-0.3, -0.25) is 0 Å². The van der Waals surface area contributed by atoms with Gasteiger partial charge in [-0.2, -0.15) is 0 Å². The number of hydrogen-bond acceptors (Lipinski definition) is 4. The van der Waals surface area contributed by atoms with E-state index in [1.54, 1.807) is 22.7 Å². The summed E-state index contributed by atoms with van der Waals surface area (Å²) in [6.45, 7) is 2.17. The first-order chi connectivity index (χ1) is 9.74.